The highest BCUT2D eigenvalue weighted by Crippen LogP contribution is 2.43. The first-order valence-electron chi connectivity index (χ1n) is 8.05. The third-order valence-electron chi connectivity index (χ3n) is 4.89. The van der Waals surface area contributed by atoms with Gasteiger partial charge in [-0.15, -0.1) is 6.42 Å². The minimum absolute atomic E-state index is 0.0912. The Hall–Kier alpha value is -1.55. The number of carbonyl (C=O) groups excluding carboxylic acids is 1. The van der Waals surface area contributed by atoms with E-state index in [4.69, 9.17) is 10.8 Å². The summed E-state index contributed by atoms with van der Waals surface area (Å²) in [5, 5.41) is 0.0912. The molecule has 0 aromatic heterocycles. The van der Waals surface area contributed by atoms with Crippen molar-refractivity contribution in [3.63, 3.8) is 0 Å². The van der Waals surface area contributed by atoms with E-state index in [1.807, 2.05) is 6.92 Å². The van der Waals surface area contributed by atoms with Crippen molar-refractivity contribution >= 4 is 14.6 Å². The molecule has 0 bridgehead atoms. The standard InChI is InChI=1S/C20H28O2Si/c1-8-9-10-11-13-20(22-23(6,7)19(3,4)5)14-12-17(2)18(15-20)16-21/h1,9-10,16H,12,14-15H2,2-7H3/b10-9-. The first-order chi connectivity index (χ1) is 10.6. The van der Waals surface area contributed by atoms with Crippen molar-refractivity contribution < 1.29 is 9.22 Å². The molecule has 0 N–H and O–H groups in total. The van der Waals surface area contributed by atoms with Gasteiger partial charge >= 0.3 is 0 Å². The molecule has 1 unspecified atom stereocenters. The topological polar surface area (TPSA) is 26.3 Å². The van der Waals surface area contributed by atoms with Gasteiger partial charge in [0.1, 0.15) is 11.9 Å². The summed E-state index contributed by atoms with van der Waals surface area (Å²) in [6, 6.07) is 0. The van der Waals surface area contributed by atoms with Gasteiger partial charge < -0.3 is 4.43 Å². The number of allylic oxidation sites excluding steroid dienone is 3. The maximum atomic E-state index is 11.4. The summed E-state index contributed by atoms with van der Waals surface area (Å²) in [4.78, 5) is 11.4. The van der Waals surface area contributed by atoms with Crippen LogP contribution in [-0.4, -0.2) is 20.2 Å². The lowest BCUT2D eigenvalue weighted by molar-refractivity contribution is -0.105. The third kappa shape index (κ3) is 4.96. The van der Waals surface area contributed by atoms with Crippen LogP contribution in [0.1, 0.15) is 47.0 Å². The van der Waals surface area contributed by atoms with Crippen LogP contribution in [0.4, 0.5) is 0 Å². The lowest BCUT2D eigenvalue weighted by Gasteiger charge is -2.45. The zero-order chi connectivity index (χ0) is 17.7. The van der Waals surface area contributed by atoms with Crippen molar-refractivity contribution in [1.82, 2.24) is 0 Å². The Morgan fingerprint density at radius 3 is 2.48 bits per heavy atom. The number of hydrogen-bond acceptors (Lipinski definition) is 2. The summed E-state index contributed by atoms with van der Waals surface area (Å²) in [5.74, 6) is 8.72. The molecule has 0 spiro atoms. The number of carbonyl (C=O) groups is 1. The van der Waals surface area contributed by atoms with Crippen molar-refractivity contribution in [3.8, 4) is 24.2 Å². The van der Waals surface area contributed by atoms with Crippen molar-refractivity contribution in [3.05, 3.63) is 23.3 Å². The lowest BCUT2D eigenvalue weighted by Crippen LogP contribution is -2.50. The Morgan fingerprint density at radius 2 is 1.96 bits per heavy atom. The molecule has 1 atom stereocenters. The molecule has 0 heterocycles. The molecule has 0 aromatic carbocycles. The van der Waals surface area contributed by atoms with E-state index in [2.05, 4.69) is 51.6 Å². The molecule has 0 fully saturated rings. The fraction of sp³-hybridized carbons (Fsp3) is 0.550. The van der Waals surface area contributed by atoms with Crippen LogP contribution in [0, 0.1) is 24.2 Å². The molecule has 3 heteroatoms. The molecule has 0 saturated heterocycles. The molecule has 1 aliphatic carbocycles. The fourth-order valence-corrected chi connectivity index (χ4v) is 3.87. The van der Waals surface area contributed by atoms with Crippen LogP contribution >= 0.6 is 0 Å². The second-order valence-electron chi connectivity index (χ2n) is 7.73. The second kappa shape index (κ2) is 7.34. The molecule has 2 nitrogen and oxygen atoms in total. The maximum Gasteiger partial charge on any atom is 0.194 e. The minimum atomic E-state index is -2.00. The Balaban J connectivity index is 3.23. The molecule has 1 aliphatic rings. The lowest BCUT2D eigenvalue weighted by atomic mass is 9.81. The van der Waals surface area contributed by atoms with Crippen molar-refractivity contribution in [2.45, 2.75) is 70.7 Å². The molecule has 0 radical (unpaired) electrons. The van der Waals surface area contributed by atoms with Crippen molar-refractivity contribution in [2.75, 3.05) is 0 Å². The highest BCUT2D eigenvalue weighted by molar-refractivity contribution is 6.74. The number of terminal acetylenes is 1. The van der Waals surface area contributed by atoms with Crippen LogP contribution in [-0.2, 0) is 9.22 Å². The summed E-state index contributed by atoms with van der Waals surface area (Å²) < 4.78 is 6.68. The van der Waals surface area contributed by atoms with E-state index in [9.17, 15) is 4.79 Å². The molecule has 0 aromatic rings. The zero-order valence-corrected chi connectivity index (χ0v) is 16.2. The summed E-state index contributed by atoms with van der Waals surface area (Å²) >= 11 is 0. The van der Waals surface area contributed by atoms with E-state index in [-0.39, 0.29) is 5.04 Å². The molecule has 0 aliphatic heterocycles. The second-order valence-corrected chi connectivity index (χ2v) is 12.5. The first-order valence-corrected chi connectivity index (χ1v) is 11.0. The zero-order valence-electron chi connectivity index (χ0n) is 15.2. The van der Waals surface area contributed by atoms with E-state index in [1.54, 1.807) is 12.2 Å². The highest BCUT2D eigenvalue weighted by Gasteiger charge is 2.45. The van der Waals surface area contributed by atoms with E-state index in [1.165, 1.54) is 0 Å². The smallest absolute Gasteiger partial charge is 0.194 e. The molecule has 124 valence electrons. The van der Waals surface area contributed by atoms with Gasteiger partial charge in [0.25, 0.3) is 0 Å². The average molecular weight is 329 g/mol. The normalized spacial score (nSPS) is 22.5. The van der Waals surface area contributed by atoms with E-state index < -0.39 is 13.9 Å². The van der Waals surface area contributed by atoms with Crippen LogP contribution in [0.3, 0.4) is 0 Å². The van der Waals surface area contributed by atoms with Gasteiger partial charge in [0.2, 0.25) is 0 Å². The SMILES string of the molecule is C#C/C=C\C#CC1(O[Si](C)(C)C(C)(C)C)CCC(C)=C(C=O)C1. The molecular formula is C20H28O2Si. The number of aldehydes is 1. The van der Waals surface area contributed by atoms with Gasteiger partial charge in [0, 0.05) is 6.42 Å². The Morgan fingerprint density at radius 1 is 1.30 bits per heavy atom. The van der Waals surface area contributed by atoms with Crippen LogP contribution in [0.15, 0.2) is 23.3 Å². The van der Waals surface area contributed by atoms with Crippen LogP contribution in [0.5, 0.6) is 0 Å². The number of rotatable bonds is 3. The van der Waals surface area contributed by atoms with Crippen molar-refractivity contribution in [1.29, 1.82) is 0 Å². The third-order valence-corrected chi connectivity index (χ3v) is 9.40. The van der Waals surface area contributed by atoms with Crippen molar-refractivity contribution in [2.24, 2.45) is 0 Å². The van der Waals surface area contributed by atoms with E-state index >= 15 is 0 Å². The van der Waals surface area contributed by atoms with Gasteiger partial charge in [-0.25, -0.2) is 0 Å². The quantitative estimate of drug-likeness (QED) is 0.428. The summed E-state index contributed by atoms with van der Waals surface area (Å²) in [7, 11) is -2.00. The predicted molar refractivity (Wildman–Crippen MR) is 99.4 cm³/mol. The monoisotopic (exact) mass is 328 g/mol. The predicted octanol–water partition coefficient (Wildman–Crippen LogP) is 4.64. The van der Waals surface area contributed by atoms with Crippen LogP contribution < -0.4 is 0 Å². The average Bonchev–Trinajstić information content (AvgIpc) is 2.45. The molecule has 1 rings (SSSR count). The van der Waals surface area contributed by atoms with Gasteiger partial charge in [-0.3, -0.25) is 4.79 Å². The van der Waals surface area contributed by atoms with Gasteiger partial charge in [-0.1, -0.05) is 44.1 Å². The van der Waals surface area contributed by atoms with Crippen LogP contribution in [0.25, 0.3) is 0 Å². The molecule has 23 heavy (non-hydrogen) atoms. The molecule has 0 saturated carbocycles. The van der Waals surface area contributed by atoms with Gasteiger partial charge in [-0.2, -0.15) is 0 Å². The molecule has 0 amide bonds. The summed E-state index contributed by atoms with van der Waals surface area (Å²) in [6.45, 7) is 13.1. The molecular weight excluding hydrogens is 300 g/mol. The van der Waals surface area contributed by atoms with Gasteiger partial charge in [0.05, 0.1) is 0 Å². The Labute approximate surface area is 142 Å². The summed E-state index contributed by atoms with van der Waals surface area (Å²) in [6.07, 6.45) is 11.6. The largest absolute Gasteiger partial charge is 0.400 e. The van der Waals surface area contributed by atoms with Crippen LogP contribution in [0.2, 0.25) is 18.1 Å². The first kappa shape index (κ1) is 19.5. The van der Waals surface area contributed by atoms with Gasteiger partial charge in [0.15, 0.2) is 8.32 Å². The van der Waals surface area contributed by atoms with E-state index in [0.29, 0.717) is 6.42 Å². The van der Waals surface area contributed by atoms with E-state index in [0.717, 1.165) is 30.3 Å². The Kier molecular flexibility index (Phi) is 6.23. The number of hydrogen-bond donors (Lipinski definition) is 0. The minimum Gasteiger partial charge on any atom is -0.400 e. The Bertz CT molecular complexity index is 615. The highest BCUT2D eigenvalue weighted by atomic mass is 28.4. The fourth-order valence-electron chi connectivity index (χ4n) is 2.36. The maximum absolute atomic E-state index is 11.4. The summed E-state index contributed by atoms with van der Waals surface area (Å²) in [5.41, 5.74) is 1.39. The van der Waals surface area contributed by atoms with Gasteiger partial charge in [-0.05, 0) is 55.6 Å².